The van der Waals surface area contributed by atoms with E-state index in [-0.39, 0.29) is 11.4 Å². The molecule has 1 amide bonds. The van der Waals surface area contributed by atoms with E-state index in [9.17, 15) is 18.0 Å². The first-order valence-electron chi connectivity index (χ1n) is 8.00. The van der Waals surface area contributed by atoms with Crippen LogP contribution < -0.4 is 10.0 Å². The number of amides is 1. The van der Waals surface area contributed by atoms with Crippen LogP contribution in [0.5, 0.6) is 0 Å². The number of halogens is 1. The summed E-state index contributed by atoms with van der Waals surface area (Å²) < 4.78 is 31.0. The van der Waals surface area contributed by atoms with Gasteiger partial charge in [0, 0.05) is 11.6 Å². The number of sulfonamides is 1. The minimum Gasteiger partial charge on any atom is -0.455 e. The monoisotopic (exact) mass is 410 g/mol. The van der Waals surface area contributed by atoms with E-state index in [1.165, 1.54) is 12.1 Å². The minimum absolute atomic E-state index is 0.0402. The normalized spacial score (nSPS) is 11.0. The Labute approximate surface area is 162 Å². The molecule has 0 saturated heterocycles. The molecule has 0 fully saturated rings. The lowest BCUT2D eigenvalue weighted by molar-refractivity contribution is -0.147. The largest absolute Gasteiger partial charge is 0.455 e. The van der Waals surface area contributed by atoms with Crippen LogP contribution in [0.25, 0.3) is 0 Å². The van der Waals surface area contributed by atoms with Crippen LogP contribution in [-0.2, 0) is 30.9 Å². The Hall–Kier alpha value is -2.42. The van der Waals surface area contributed by atoms with E-state index < -0.39 is 35.1 Å². The Bertz CT molecular complexity index is 914. The summed E-state index contributed by atoms with van der Waals surface area (Å²) in [6.45, 7) is 0.928. The van der Waals surface area contributed by atoms with Crippen molar-refractivity contribution >= 4 is 33.5 Å². The van der Waals surface area contributed by atoms with E-state index in [1.54, 1.807) is 36.4 Å². The van der Waals surface area contributed by atoms with Crippen LogP contribution in [0, 0.1) is 6.92 Å². The first-order chi connectivity index (χ1) is 12.8. The number of carbonyl (C=O) groups is 2. The minimum atomic E-state index is -3.83. The molecule has 0 atom stereocenters. The maximum atomic E-state index is 12.1. The maximum absolute atomic E-state index is 12.1. The van der Waals surface area contributed by atoms with Gasteiger partial charge in [-0.25, -0.2) is 8.42 Å². The van der Waals surface area contributed by atoms with Gasteiger partial charge in [0.15, 0.2) is 6.61 Å². The Morgan fingerprint density at radius 1 is 1.07 bits per heavy atom. The highest BCUT2D eigenvalue weighted by atomic mass is 35.5. The molecule has 2 rings (SSSR count). The van der Waals surface area contributed by atoms with Crippen molar-refractivity contribution in [1.29, 1.82) is 0 Å². The second-order valence-electron chi connectivity index (χ2n) is 5.67. The first-order valence-corrected chi connectivity index (χ1v) is 9.86. The van der Waals surface area contributed by atoms with Gasteiger partial charge >= 0.3 is 5.97 Å². The molecule has 0 aliphatic carbocycles. The van der Waals surface area contributed by atoms with Crippen molar-refractivity contribution in [2.75, 3.05) is 13.2 Å². The lowest BCUT2D eigenvalue weighted by Crippen LogP contribution is -2.33. The predicted octanol–water partition coefficient (Wildman–Crippen LogP) is 1.79. The predicted molar refractivity (Wildman–Crippen MR) is 101 cm³/mol. The quantitative estimate of drug-likeness (QED) is 0.646. The second-order valence-corrected chi connectivity index (χ2v) is 7.84. The third-order valence-corrected chi connectivity index (χ3v) is 5.32. The van der Waals surface area contributed by atoms with Crippen molar-refractivity contribution in [3.8, 4) is 0 Å². The molecular weight excluding hydrogens is 392 g/mol. The fourth-order valence-electron chi connectivity index (χ4n) is 2.04. The Balaban J connectivity index is 1.74. The number of rotatable bonds is 8. The van der Waals surface area contributed by atoms with Crippen molar-refractivity contribution in [1.82, 2.24) is 10.0 Å². The molecule has 0 aliphatic heterocycles. The molecule has 0 heterocycles. The molecule has 0 saturated carbocycles. The van der Waals surface area contributed by atoms with Gasteiger partial charge in [-0.1, -0.05) is 47.5 Å². The number of ether oxygens (including phenoxy) is 1. The Morgan fingerprint density at radius 3 is 2.41 bits per heavy atom. The van der Waals surface area contributed by atoms with Crippen molar-refractivity contribution in [2.24, 2.45) is 0 Å². The summed E-state index contributed by atoms with van der Waals surface area (Å²) in [5.74, 6) is -1.39. The Kier molecular flexibility index (Phi) is 7.35. The van der Waals surface area contributed by atoms with Gasteiger partial charge in [0.05, 0.1) is 4.90 Å². The topological polar surface area (TPSA) is 102 Å². The maximum Gasteiger partial charge on any atom is 0.321 e. The van der Waals surface area contributed by atoms with Crippen LogP contribution >= 0.6 is 11.6 Å². The third kappa shape index (κ3) is 6.67. The summed E-state index contributed by atoms with van der Waals surface area (Å²) in [7, 11) is -3.83. The van der Waals surface area contributed by atoms with Gasteiger partial charge in [0.25, 0.3) is 5.91 Å². The summed E-state index contributed by atoms with van der Waals surface area (Å²) in [5, 5.41) is 3.07. The molecular formula is C18H19ClN2O5S. The Morgan fingerprint density at radius 2 is 1.74 bits per heavy atom. The second kappa shape index (κ2) is 9.50. The van der Waals surface area contributed by atoms with Crippen molar-refractivity contribution in [3.63, 3.8) is 0 Å². The molecule has 0 bridgehead atoms. The zero-order valence-electron chi connectivity index (χ0n) is 14.6. The highest BCUT2D eigenvalue weighted by molar-refractivity contribution is 7.89. The number of carbonyl (C=O) groups excluding carboxylic acids is 2. The van der Waals surface area contributed by atoms with Gasteiger partial charge in [-0.3, -0.25) is 9.59 Å². The summed E-state index contributed by atoms with van der Waals surface area (Å²) in [6.07, 6.45) is 0. The molecule has 0 unspecified atom stereocenters. The van der Waals surface area contributed by atoms with Crippen LogP contribution in [0.1, 0.15) is 11.1 Å². The zero-order chi connectivity index (χ0) is 19.9. The molecule has 2 aromatic rings. The number of esters is 1. The van der Waals surface area contributed by atoms with Crippen molar-refractivity contribution < 1.29 is 22.7 Å². The van der Waals surface area contributed by atoms with E-state index >= 15 is 0 Å². The number of nitrogens with one attached hydrogen (secondary N) is 2. The number of benzene rings is 2. The fraction of sp³-hybridized carbons (Fsp3) is 0.222. The van der Waals surface area contributed by atoms with Crippen LogP contribution in [0.2, 0.25) is 5.02 Å². The van der Waals surface area contributed by atoms with Gasteiger partial charge in [-0.15, -0.1) is 0 Å². The fourth-order valence-corrected chi connectivity index (χ4v) is 3.21. The van der Waals surface area contributed by atoms with Gasteiger partial charge in [0.1, 0.15) is 6.54 Å². The molecule has 0 spiro atoms. The molecule has 27 heavy (non-hydrogen) atoms. The standard InChI is InChI=1S/C18H19ClN2O5S/c1-13-6-8-15(9-7-13)27(24,25)21-11-18(23)26-12-17(22)20-10-14-4-2-3-5-16(14)19/h2-9,21H,10-12H2,1H3,(H,20,22). The molecule has 144 valence electrons. The van der Waals surface area contributed by atoms with Gasteiger partial charge in [0.2, 0.25) is 10.0 Å². The van der Waals surface area contributed by atoms with Crippen LogP contribution in [-0.4, -0.2) is 33.4 Å². The third-order valence-electron chi connectivity index (χ3n) is 3.54. The smallest absolute Gasteiger partial charge is 0.321 e. The molecule has 9 heteroatoms. The number of aryl methyl sites for hydroxylation is 1. The van der Waals surface area contributed by atoms with E-state index in [2.05, 4.69) is 10.0 Å². The van der Waals surface area contributed by atoms with E-state index in [0.717, 1.165) is 11.1 Å². The SMILES string of the molecule is Cc1ccc(S(=O)(=O)NCC(=O)OCC(=O)NCc2ccccc2Cl)cc1. The molecule has 2 aromatic carbocycles. The van der Waals surface area contributed by atoms with E-state index in [1.807, 2.05) is 6.92 Å². The summed E-state index contributed by atoms with van der Waals surface area (Å²) in [4.78, 5) is 23.4. The lowest BCUT2D eigenvalue weighted by Gasteiger charge is -2.09. The highest BCUT2D eigenvalue weighted by Gasteiger charge is 2.16. The van der Waals surface area contributed by atoms with E-state index in [0.29, 0.717) is 5.02 Å². The lowest BCUT2D eigenvalue weighted by atomic mass is 10.2. The number of hydrogen-bond acceptors (Lipinski definition) is 5. The summed E-state index contributed by atoms with van der Waals surface area (Å²) >= 11 is 5.98. The molecule has 0 radical (unpaired) electrons. The van der Waals surface area contributed by atoms with Gasteiger partial charge in [-0.05, 0) is 30.7 Å². The van der Waals surface area contributed by atoms with Gasteiger partial charge in [-0.2, -0.15) is 4.72 Å². The van der Waals surface area contributed by atoms with Crippen LogP contribution in [0.4, 0.5) is 0 Å². The first kappa shape index (κ1) is 20.9. The average molecular weight is 411 g/mol. The highest BCUT2D eigenvalue weighted by Crippen LogP contribution is 2.14. The van der Waals surface area contributed by atoms with Crippen molar-refractivity contribution in [2.45, 2.75) is 18.4 Å². The van der Waals surface area contributed by atoms with Crippen LogP contribution in [0.3, 0.4) is 0 Å². The zero-order valence-corrected chi connectivity index (χ0v) is 16.1. The van der Waals surface area contributed by atoms with Crippen LogP contribution in [0.15, 0.2) is 53.4 Å². The van der Waals surface area contributed by atoms with Gasteiger partial charge < -0.3 is 10.1 Å². The molecule has 7 nitrogen and oxygen atoms in total. The molecule has 0 aromatic heterocycles. The number of hydrogen-bond donors (Lipinski definition) is 2. The average Bonchev–Trinajstić information content (AvgIpc) is 2.64. The summed E-state index contributed by atoms with van der Waals surface area (Å²) in [5.41, 5.74) is 1.64. The molecule has 0 aliphatic rings. The summed E-state index contributed by atoms with van der Waals surface area (Å²) in [6, 6.07) is 13.2. The van der Waals surface area contributed by atoms with Crippen molar-refractivity contribution in [3.05, 3.63) is 64.7 Å². The van der Waals surface area contributed by atoms with E-state index in [4.69, 9.17) is 16.3 Å². The molecule has 2 N–H and O–H groups in total.